The SMILES string of the molecule is Cc1nc2cc(-c3ccc(N(C)[C@@H]4CC5CCC(N5)[C@@H]4F)nn3)c(O)cc2s1. The van der Waals surface area contributed by atoms with Crippen LogP contribution in [-0.4, -0.2) is 51.6 Å². The van der Waals surface area contributed by atoms with E-state index in [0.29, 0.717) is 23.1 Å². The standard InChI is InChI=1S/C20H22FN5OS/c1-10-22-15-8-12(17(27)9-18(15)28-10)13-5-6-19(25-24-13)26(2)16-7-11-3-4-14(23-11)20(16)21/h5-6,8-9,11,14,16,20,23,27H,3-4,7H2,1-2H3/t11?,14?,16-,20+/m1/s1. The quantitative estimate of drug-likeness (QED) is 0.703. The summed E-state index contributed by atoms with van der Waals surface area (Å²) < 4.78 is 15.8. The molecular formula is C20H22FN5OS. The van der Waals surface area contributed by atoms with Gasteiger partial charge in [-0.25, -0.2) is 9.37 Å². The van der Waals surface area contributed by atoms with Crippen LogP contribution < -0.4 is 10.2 Å². The molecule has 0 spiro atoms. The minimum absolute atomic E-state index is 0.0522. The number of nitrogens with one attached hydrogen (secondary N) is 1. The highest BCUT2D eigenvalue weighted by atomic mass is 32.1. The summed E-state index contributed by atoms with van der Waals surface area (Å²) in [5, 5.41) is 23.3. The highest BCUT2D eigenvalue weighted by Gasteiger charge is 2.43. The summed E-state index contributed by atoms with van der Waals surface area (Å²) >= 11 is 1.54. The van der Waals surface area contributed by atoms with E-state index >= 15 is 0 Å². The zero-order valence-corrected chi connectivity index (χ0v) is 16.6. The van der Waals surface area contributed by atoms with Crippen molar-refractivity contribution in [2.75, 3.05) is 11.9 Å². The minimum atomic E-state index is -0.912. The van der Waals surface area contributed by atoms with E-state index in [1.54, 1.807) is 17.4 Å². The van der Waals surface area contributed by atoms with E-state index in [1.165, 1.54) is 0 Å². The summed E-state index contributed by atoms with van der Waals surface area (Å²) in [6, 6.07) is 7.36. The molecule has 2 unspecified atom stereocenters. The van der Waals surface area contributed by atoms with Gasteiger partial charge in [0.2, 0.25) is 0 Å². The number of phenols is 1. The van der Waals surface area contributed by atoms with Gasteiger partial charge in [-0.3, -0.25) is 0 Å². The van der Waals surface area contributed by atoms with E-state index in [0.717, 1.165) is 34.5 Å². The Morgan fingerprint density at radius 2 is 2.11 bits per heavy atom. The van der Waals surface area contributed by atoms with E-state index in [-0.39, 0.29) is 17.8 Å². The number of rotatable bonds is 3. The molecule has 2 aromatic heterocycles. The van der Waals surface area contributed by atoms with Crippen LogP contribution in [0, 0.1) is 6.92 Å². The lowest BCUT2D eigenvalue weighted by atomic mass is 9.96. The second kappa shape index (κ2) is 6.63. The fourth-order valence-electron chi connectivity index (χ4n) is 4.46. The van der Waals surface area contributed by atoms with Crippen molar-refractivity contribution in [1.29, 1.82) is 0 Å². The van der Waals surface area contributed by atoms with Gasteiger partial charge in [0.1, 0.15) is 11.9 Å². The summed E-state index contributed by atoms with van der Waals surface area (Å²) in [6.07, 6.45) is 1.80. The number of thiazole rings is 1. The predicted molar refractivity (Wildman–Crippen MR) is 109 cm³/mol. The van der Waals surface area contributed by atoms with Crippen molar-refractivity contribution < 1.29 is 9.50 Å². The number of anilines is 1. The number of phenolic OH excluding ortho intramolecular Hbond substituents is 1. The van der Waals surface area contributed by atoms with Crippen molar-refractivity contribution in [1.82, 2.24) is 20.5 Å². The Balaban J connectivity index is 1.42. The Bertz CT molecular complexity index is 1020. The van der Waals surface area contributed by atoms with E-state index < -0.39 is 6.17 Å². The van der Waals surface area contributed by atoms with Crippen molar-refractivity contribution in [3.05, 3.63) is 29.3 Å². The fourth-order valence-corrected chi connectivity index (χ4v) is 5.30. The van der Waals surface area contributed by atoms with Crippen LogP contribution in [0.1, 0.15) is 24.3 Å². The Labute approximate surface area is 166 Å². The lowest BCUT2D eigenvalue weighted by molar-refractivity contribution is 0.176. The van der Waals surface area contributed by atoms with Gasteiger partial charge in [0.15, 0.2) is 5.82 Å². The average molecular weight is 399 g/mol. The van der Waals surface area contributed by atoms with Gasteiger partial charge in [-0.15, -0.1) is 21.5 Å². The topological polar surface area (TPSA) is 74.2 Å². The van der Waals surface area contributed by atoms with Crippen LogP contribution >= 0.6 is 11.3 Å². The summed E-state index contributed by atoms with van der Waals surface area (Å²) in [6.45, 7) is 1.94. The number of fused-ring (bicyclic) bond motifs is 3. The fraction of sp³-hybridized carbons (Fsp3) is 0.450. The summed E-state index contributed by atoms with van der Waals surface area (Å²) in [5.74, 6) is 0.799. The molecule has 2 saturated heterocycles. The largest absolute Gasteiger partial charge is 0.507 e. The zero-order chi connectivity index (χ0) is 19.4. The maximum absolute atomic E-state index is 14.8. The molecule has 0 saturated carbocycles. The molecule has 0 amide bonds. The molecule has 1 aromatic carbocycles. The number of aromatic hydroxyl groups is 1. The van der Waals surface area contributed by atoms with Crippen LogP contribution in [0.25, 0.3) is 21.5 Å². The molecule has 2 bridgehead atoms. The first-order valence-corrected chi connectivity index (χ1v) is 10.4. The lowest BCUT2D eigenvalue weighted by Gasteiger charge is -2.38. The third-order valence-corrected chi connectivity index (χ3v) is 6.89. The predicted octanol–water partition coefficient (Wildman–Crippen LogP) is 3.43. The molecular weight excluding hydrogens is 377 g/mol. The van der Waals surface area contributed by atoms with Crippen LogP contribution in [0.2, 0.25) is 0 Å². The Kier molecular flexibility index (Phi) is 4.21. The number of aromatic nitrogens is 3. The van der Waals surface area contributed by atoms with Gasteiger partial charge in [-0.1, -0.05) is 0 Å². The number of halogens is 1. The molecule has 146 valence electrons. The number of aryl methyl sites for hydroxylation is 1. The van der Waals surface area contributed by atoms with Crippen molar-refractivity contribution >= 4 is 27.4 Å². The van der Waals surface area contributed by atoms with Gasteiger partial charge in [-0.05, 0) is 44.4 Å². The first-order chi connectivity index (χ1) is 13.5. The molecule has 2 aliphatic heterocycles. The third-order valence-electron chi connectivity index (χ3n) is 5.95. The monoisotopic (exact) mass is 399 g/mol. The van der Waals surface area contributed by atoms with Gasteiger partial charge in [0.05, 0.1) is 27.0 Å². The van der Waals surface area contributed by atoms with E-state index in [4.69, 9.17) is 0 Å². The van der Waals surface area contributed by atoms with Gasteiger partial charge in [-0.2, -0.15) is 0 Å². The summed E-state index contributed by atoms with van der Waals surface area (Å²) in [4.78, 5) is 6.38. The molecule has 28 heavy (non-hydrogen) atoms. The molecule has 8 heteroatoms. The number of benzene rings is 1. The maximum atomic E-state index is 14.8. The molecule has 0 aliphatic carbocycles. The second-order valence-corrected chi connectivity index (χ2v) is 8.99. The molecule has 3 aromatic rings. The van der Waals surface area contributed by atoms with Crippen LogP contribution in [-0.2, 0) is 0 Å². The van der Waals surface area contributed by atoms with E-state index in [9.17, 15) is 9.50 Å². The molecule has 0 radical (unpaired) electrons. The van der Waals surface area contributed by atoms with Gasteiger partial charge in [0.25, 0.3) is 0 Å². The molecule has 2 N–H and O–H groups in total. The molecule has 6 nitrogen and oxygen atoms in total. The molecule has 4 heterocycles. The number of piperidine rings is 1. The number of hydrogen-bond acceptors (Lipinski definition) is 7. The summed E-state index contributed by atoms with van der Waals surface area (Å²) in [7, 11) is 1.88. The minimum Gasteiger partial charge on any atom is -0.507 e. The zero-order valence-electron chi connectivity index (χ0n) is 15.8. The average Bonchev–Trinajstić information content (AvgIpc) is 3.26. The molecule has 2 fully saturated rings. The smallest absolute Gasteiger partial charge is 0.151 e. The van der Waals surface area contributed by atoms with Crippen LogP contribution in [0.5, 0.6) is 5.75 Å². The van der Waals surface area contributed by atoms with E-state index in [1.807, 2.05) is 37.1 Å². The number of alkyl halides is 1. The van der Waals surface area contributed by atoms with Gasteiger partial charge >= 0.3 is 0 Å². The van der Waals surface area contributed by atoms with Crippen LogP contribution in [0.4, 0.5) is 10.2 Å². The second-order valence-electron chi connectivity index (χ2n) is 7.75. The van der Waals surface area contributed by atoms with E-state index in [2.05, 4.69) is 20.5 Å². The normalized spacial score (nSPS) is 26.7. The lowest BCUT2D eigenvalue weighted by Crippen LogP contribution is -2.55. The van der Waals surface area contributed by atoms with Crippen LogP contribution in [0.3, 0.4) is 0 Å². The van der Waals surface area contributed by atoms with Crippen molar-refractivity contribution in [2.24, 2.45) is 0 Å². The molecule has 5 rings (SSSR count). The van der Waals surface area contributed by atoms with Crippen LogP contribution in [0.15, 0.2) is 24.3 Å². The Morgan fingerprint density at radius 3 is 2.89 bits per heavy atom. The van der Waals surface area contributed by atoms with Gasteiger partial charge < -0.3 is 15.3 Å². The first kappa shape index (κ1) is 17.8. The Morgan fingerprint density at radius 1 is 1.25 bits per heavy atom. The molecule has 4 atom stereocenters. The number of hydrogen-bond donors (Lipinski definition) is 2. The van der Waals surface area contributed by atoms with Gasteiger partial charge in [0, 0.05) is 30.8 Å². The maximum Gasteiger partial charge on any atom is 0.151 e. The highest BCUT2D eigenvalue weighted by molar-refractivity contribution is 7.18. The van der Waals surface area contributed by atoms with Crippen molar-refractivity contribution in [3.8, 4) is 17.0 Å². The highest BCUT2D eigenvalue weighted by Crippen LogP contribution is 2.36. The first-order valence-electron chi connectivity index (χ1n) is 9.57. The third kappa shape index (κ3) is 2.91. The Hall–Kier alpha value is -2.32. The van der Waals surface area contributed by atoms with Crippen molar-refractivity contribution in [2.45, 2.75) is 50.5 Å². The summed E-state index contributed by atoms with van der Waals surface area (Å²) in [5.41, 5.74) is 2.01. The number of nitrogens with zero attached hydrogens (tertiary/aromatic N) is 4. The molecule has 2 aliphatic rings. The van der Waals surface area contributed by atoms with Crippen molar-refractivity contribution in [3.63, 3.8) is 0 Å².